The highest BCUT2D eigenvalue weighted by Crippen LogP contribution is 2.55. The van der Waals surface area contributed by atoms with Gasteiger partial charge in [0, 0.05) is 5.41 Å². The molecule has 2 aromatic carbocycles. The lowest BCUT2D eigenvalue weighted by Gasteiger charge is -2.42. The van der Waals surface area contributed by atoms with Crippen LogP contribution in [0.25, 0.3) is 0 Å². The number of methoxy groups -OCH3 is 1. The van der Waals surface area contributed by atoms with E-state index in [0.29, 0.717) is 0 Å². The van der Waals surface area contributed by atoms with Gasteiger partial charge < -0.3 is 14.9 Å². The molecule has 0 saturated heterocycles. The molecule has 1 saturated carbocycles. The molecular formula is C27H36O4. The first-order valence-electron chi connectivity index (χ1n) is 11.1. The molecule has 4 heteroatoms. The average molecular weight is 425 g/mol. The molecule has 1 fully saturated rings. The first kappa shape index (κ1) is 23.2. The first-order chi connectivity index (χ1) is 14.3. The Bertz CT molecular complexity index is 912. The molecule has 0 heterocycles. The monoisotopic (exact) mass is 424 g/mol. The Morgan fingerprint density at radius 3 is 1.74 bits per heavy atom. The lowest BCUT2D eigenvalue weighted by atomic mass is 9.61. The summed E-state index contributed by atoms with van der Waals surface area (Å²) in [5.74, 6) is -0.108. The van der Waals surface area contributed by atoms with Crippen molar-refractivity contribution in [2.24, 2.45) is 5.92 Å². The van der Waals surface area contributed by atoms with E-state index in [1.54, 1.807) is 12.1 Å². The molecule has 2 aromatic rings. The highest BCUT2D eigenvalue weighted by Gasteiger charge is 2.52. The zero-order valence-electron chi connectivity index (χ0n) is 19.9. The Labute approximate surface area is 186 Å². The number of carbonyl (C=O) groups is 1. The lowest BCUT2D eigenvalue weighted by Crippen LogP contribution is -2.41. The summed E-state index contributed by atoms with van der Waals surface area (Å²) in [5, 5.41) is 20.6. The number of rotatable bonds is 3. The molecule has 0 aliphatic heterocycles. The van der Waals surface area contributed by atoms with Crippen LogP contribution in [-0.4, -0.2) is 23.3 Å². The maximum atomic E-state index is 13.1. The number of hydrogen-bond donors (Lipinski definition) is 2. The number of aromatic hydroxyl groups is 2. The summed E-state index contributed by atoms with van der Waals surface area (Å²) in [6.07, 6.45) is 2.44. The van der Waals surface area contributed by atoms with Crippen molar-refractivity contribution in [1.29, 1.82) is 0 Å². The summed E-state index contributed by atoms with van der Waals surface area (Å²) in [6.45, 7) is 12.8. The highest BCUT2D eigenvalue weighted by atomic mass is 16.5. The fourth-order valence-electron chi connectivity index (χ4n) is 5.34. The number of hydrogen-bond acceptors (Lipinski definition) is 4. The fraction of sp³-hybridized carbons (Fsp3) is 0.519. The fourth-order valence-corrected chi connectivity index (χ4v) is 5.34. The van der Waals surface area contributed by atoms with Crippen molar-refractivity contribution in [3.8, 4) is 11.5 Å². The number of ether oxygens (including phenoxy) is 1. The Morgan fingerprint density at radius 1 is 0.903 bits per heavy atom. The molecule has 0 amide bonds. The van der Waals surface area contributed by atoms with Crippen LogP contribution in [0.1, 0.15) is 83.1 Å². The third-order valence-corrected chi connectivity index (χ3v) is 6.73. The van der Waals surface area contributed by atoms with Gasteiger partial charge in [-0.3, -0.25) is 4.79 Å². The van der Waals surface area contributed by atoms with E-state index in [1.165, 1.54) is 7.11 Å². The van der Waals surface area contributed by atoms with Crippen LogP contribution in [0.2, 0.25) is 0 Å². The van der Waals surface area contributed by atoms with Gasteiger partial charge in [0.25, 0.3) is 0 Å². The smallest absolute Gasteiger partial charge is 0.309 e. The Kier molecular flexibility index (Phi) is 5.90. The third kappa shape index (κ3) is 4.05. The Hall–Kier alpha value is -2.49. The second-order valence-corrected chi connectivity index (χ2v) is 10.9. The Balaban J connectivity index is 2.46. The molecule has 3 rings (SSSR count). The van der Waals surface area contributed by atoms with Crippen LogP contribution in [0, 0.1) is 5.92 Å². The van der Waals surface area contributed by atoms with Crippen LogP contribution < -0.4 is 0 Å². The van der Waals surface area contributed by atoms with E-state index < -0.39 is 5.41 Å². The standard InChI is InChI=1S/C27H36O4/c1-25(2,3)22-15-17(28)10-12-19(22)27(14-8-9-21(27)24(30)31-7)20-13-11-18(29)16-23(20)26(4,5)6/h10-13,15-16,21,28-29H,8-9,14H2,1-7H3. The van der Waals surface area contributed by atoms with E-state index in [4.69, 9.17) is 4.74 Å². The van der Waals surface area contributed by atoms with Crippen molar-refractivity contribution in [2.75, 3.05) is 7.11 Å². The van der Waals surface area contributed by atoms with E-state index in [9.17, 15) is 15.0 Å². The summed E-state index contributed by atoms with van der Waals surface area (Å²) in [6, 6.07) is 11.1. The van der Waals surface area contributed by atoms with Gasteiger partial charge in [0.15, 0.2) is 0 Å². The van der Waals surface area contributed by atoms with Gasteiger partial charge in [0.05, 0.1) is 13.0 Å². The van der Waals surface area contributed by atoms with Crippen LogP contribution in [0.15, 0.2) is 36.4 Å². The van der Waals surface area contributed by atoms with Gasteiger partial charge in [-0.05, 0) is 70.2 Å². The molecule has 0 aromatic heterocycles. The number of phenols is 2. The van der Waals surface area contributed by atoms with Crippen LogP contribution in [0.4, 0.5) is 0 Å². The first-order valence-corrected chi connectivity index (χ1v) is 11.1. The van der Waals surface area contributed by atoms with E-state index in [2.05, 4.69) is 41.5 Å². The van der Waals surface area contributed by atoms with Crippen molar-refractivity contribution in [3.63, 3.8) is 0 Å². The summed E-state index contributed by atoms with van der Waals surface area (Å²) < 4.78 is 5.29. The molecular weight excluding hydrogens is 388 g/mol. The van der Waals surface area contributed by atoms with Gasteiger partial charge in [0.2, 0.25) is 0 Å². The second kappa shape index (κ2) is 7.89. The average Bonchev–Trinajstić information content (AvgIpc) is 3.11. The quantitative estimate of drug-likeness (QED) is 0.597. The maximum absolute atomic E-state index is 13.1. The van der Waals surface area contributed by atoms with Gasteiger partial charge in [-0.15, -0.1) is 0 Å². The molecule has 1 aliphatic carbocycles. The topological polar surface area (TPSA) is 66.8 Å². The van der Waals surface area contributed by atoms with Crippen LogP contribution >= 0.6 is 0 Å². The van der Waals surface area contributed by atoms with Crippen LogP contribution in [0.5, 0.6) is 11.5 Å². The third-order valence-electron chi connectivity index (χ3n) is 6.73. The Morgan fingerprint density at radius 2 is 1.35 bits per heavy atom. The molecule has 0 radical (unpaired) electrons. The SMILES string of the molecule is COC(=O)C1CCCC1(c1ccc(O)cc1C(C)(C)C)c1ccc(O)cc1C(C)(C)C. The zero-order chi connectivity index (χ0) is 23.2. The predicted molar refractivity (Wildman–Crippen MR) is 124 cm³/mol. The van der Waals surface area contributed by atoms with E-state index in [1.807, 2.05) is 24.3 Å². The minimum absolute atomic E-state index is 0.210. The summed E-state index contributed by atoms with van der Waals surface area (Å²) >= 11 is 0. The van der Waals surface area contributed by atoms with Crippen LogP contribution in [-0.2, 0) is 25.8 Å². The lowest BCUT2D eigenvalue weighted by molar-refractivity contribution is -0.146. The van der Waals surface area contributed by atoms with Crippen molar-refractivity contribution in [3.05, 3.63) is 58.7 Å². The van der Waals surface area contributed by atoms with E-state index >= 15 is 0 Å². The molecule has 168 valence electrons. The summed E-state index contributed by atoms with van der Waals surface area (Å²) in [5.41, 5.74) is 3.10. The number of carbonyl (C=O) groups excluding carboxylic acids is 1. The van der Waals surface area contributed by atoms with Gasteiger partial charge in [-0.1, -0.05) is 60.1 Å². The van der Waals surface area contributed by atoms with Crippen LogP contribution in [0.3, 0.4) is 0 Å². The maximum Gasteiger partial charge on any atom is 0.309 e. The molecule has 0 spiro atoms. The van der Waals surface area contributed by atoms with Crippen molar-refractivity contribution in [1.82, 2.24) is 0 Å². The van der Waals surface area contributed by atoms with Gasteiger partial charge in [0.1, 0.15) is 11.5 Å². The van der Waals surface area contributed by atoms with Gasteiger partial charge >= 0.3 is 5.97 Å². The number of esters is 1. The largest absolute Gasteiger partial charge is 0.508 e. The molecule has 2 N–H and O–H groups in total. The van der Waals surface area contributed by atoms with Gasteiger partial charge in [-0.2, -0.15) is 0 Å². The molecule has 1 atom stereocenters. The summed E-state index contributed by atoms with van der Waals surface area (Å²) in [7, 11) is 1.45. The number of phenolic OH excluding ortho intramolecular Hbond substituents is 2. The normalized spacial score (nSPS) is 18.7. The zero-order valence-corrected chi connectivity index (χ0v) is 19.9. The number of benzene rings is 2. The second-order valence-electron chi connectivity index (χ2n) is 10.9. The molecule has 1 unspecified atom stereocenters. The highest BCUT2D eigenvalue weighted by molar-refractivity contribution is 5.77. The van der Waals surface area contributed by atoms with Crippen molar-refractivity contribution in [2.45, 2.75) is 77.0 Å². The predicted octanol–water partition coefficient (Wildman–Crippen LogP) is 5.95. The van der Waals surface area contributed by atoms with Crippen molar-refractivity contribution < 1.29 is 19.7 Å². The molecule has 1 aliphatic rings. The molecule has 31 heavy (non-hydrogen) atoms. The van der Waals surface area contributed by atoms with E-state index in [-0.39, 0.29) is 34.2 Å². The van der Waals surface area contributed by atoms with Gasteiger partial charge in [-0.25, -0.2) is 0 Å². The minimum atomic E-state index is -0.598. The summed E-state index contributed by atoms with van der Waals surface area (Å²) in [4.78, 5) is 13.1. The molecule has 0 bridgehead atoms. The van der Waals surface area contributed by atoms with Crippen molar-refractivity contribution >= 4 is 5.97 Å². The molecule has 4 nitrogen and oxygen atoms in total. The minimum Gasteiger partial charge on any atom is -0.508 e. The van der Waals surface area contributed by atoms with E-state index in [0.717, 1.165) is 41.5 Å².